The van der Waals surface area contributed by atoms with Crippen LogP contribution in [-0.4, -0.2) is 19.1 Å². The summed E-state index contributed by atoms with van der Waals surface area (Å²) in [4.78, 5) is 11.4. The molecule has 18 heavy (non-hydrogen) atoms. The molecule has 4 nitrogen and oxygen atoms in total. The van der Waals surface area contributed by atoms with Crippen LogP contribution in [0.1, 0.15) is 25.5 Å². The molecular weight excluding hydrogens is 259 g/mol. The number of methoxy groups -OCH3 is 1. The normalized spacial score (nSPS) is 13.2. The number of halogens is 2. The quantitative estimate of drug-likeness (QED) is 0.881. The molecule has 1 aromatic rings. The summed E-state index contributed by atoms with van der Waals surface area (Å²) in [6.45, 7) is 3.25. The molecule has 0 aliphatic heterocycles. The zero-order valence-corrected chi connectivity index (χ0v) is 11.4. The van der Waals surface area contributed by atoms with Crippen molar-refractivity contribution in [1.29, 1.82) is 0 Å². The number of hydrogen-bond acceptors (Lipinski definition) is 3. The van der Waals surface area contributed by atoms with Gasteiger partial charge in [0.25, 0.3) is 0 Å². The Morgan fingerprint density at radius 3 is 2.56 bits per heavy atom. The summed E-state index contributed by atoms with van der Waals surface area (Å²) < 4.78 is 18.7. The SMILES string of the molecule is COc1cccc(F)c1C(C)NC(=O)[C@@H](C)N.Cl. The van der Waals surface area contributed by atoms with E-state index in [4.69, 9.17) is 10.5 Å². The van der Waals surface area contributed by atoms with E-state index in [1.54, 1.807) is 26.0 Å². The predicted molar refractivity (Wildman–Crippen MR) is 70.4 cm³/mol. The van der Waals surface area contributed by atoms with E-state index >= 15 is 0 Å². The topological polar surface area (TPSA) is 64.3 Å². The molecule has 1 aromatic carbocycles. The predicted octanol–water partition coefficient (Wildman–Crippen LogP) is 1.78. The average molecular weight is 277 g/mol. The van der Waals surface area contributed by atoms with Crippen molar-refractivity contribution in [3.05, 3.63) is 29.6 Å². The molecule has 102 valence electrons. The zero-order valence-electron chi connectivity index (χ0n) is 10.6. The van der Waals surface area contributed by atoms with Crippen LogP contribution >= 0.6 is 12.4 Å². The average Bonchev–Trinajstić information content (AvgIpc) is 2.27. The maximum absolute atomic E-state index is 13.7. The van der Waals surface area contributed by atoms with Gasteiger partial charge in [-0.05, 0) is 26.0 Å². The maximum Gasteiger partial charge on any atom is 0.237 e. The molecule has 0 aliphatic carbocycles. The van der Waals surface area contributed by atoms with Gasteiger partial charge in [0.15, 0.2) is 0 Å². The third kappa shape index (κ3) is 3.85. The molecule has 0 saturated heterocycles. The van der Waals surface area contributed by atoms with E-state index in [-0.39, 0.29) is 18.3 Å². The first-order valence-corrected chi connectivity index (χ1v) is 5.35. The molecule has 0 aliphatic rings. The second kappa shape index (κ2) is 7.18. The van der Waals surface area contributed by atoms with Crippen LogP contribution in [0.15, 0.2) is 18.2 Å². The smallest absolute Gasteiger partial charge is 0.237 e. The molecule has 0 heterocycles. The first kappa shape index (κ1) is 16.7. The highest BCUT2D eigenvalue weighted by Crippen LogP contribution is 2.27. The molecule has 0 radical (unpaired) electrons. The molecule has 1 unspecified atom stereocenters. The Morgan fingerprint density at radius 2 is 2.06 bits per heavy atom. The Balaban J connectivity index is 0.00000289. The van der Waals surface area contributed by atoms with E-state index in [0.717, 1.165) is 0 Å². The summed E-state index contributed by atoms with van der Waals surface area (Å²) in [5.41, 5.74) is 5.76. The minimum absolute atomic E-state index is 0. The lowest BCUT2D eigenvalue weighted by molar-refractivity contribution is -0.122. The van der Waals surface area contributed by atoms with Crippen molar-refractivity contribution in [3.8, 4) is 5.75 Å². The first-order chi connectivity index (χ1) is 7.97. The molecule has 3 N–H and O–H groups in total. The van der Waals surface area contributed by atoms with E-state index in [9.17, 15) is 9.18 Å². The van der Waals surface area contributed by atoms with Crippen LogP contribution in [0.4, 0.5) is 4.39 Å². The van der Waals surface area contributed by atoms with Gasteiger partial charge in [0.1, 0.15) is 11.6 Å². The third-order valence-corrected chi connectivity index (χ3v) is 2.44. The van der Waals surface area contributed by atoms with Gasteiger partial charge in [-0.3, -0.25) is 4.79 Å². The summed E-state index contributed by atoms with van der Waals surface area (Å²) in [5.74, 6) is -0.341. The minimum atomic E-state index is -0.629. The van der Waals surface area contributed by atoms with Crippen molar-refractivity contribution in [2.24, 2.45) is 5.73 Å². The largest absolute Gasteiger partial charge is 0.496 e. The van der Waals surface area contributed by atoms with Gasteiger partial charge in [0.2, 0.25) is 5.91 Å². The number of nitrogens with two attached hydrogens (primary N) is 1. The van der Waals surface area contributed by atoms with Gasteiger partial charge in [0.05, 0.1) is 24.8 Å². The molecule has 2 atom stereocenters. The van der Waals surface area contributed by atoms with E-state index in [0.29, 0.717) is 11.3 Å². The highest BCUT2D eigenvalue weighted by Gasteiger charge is 2.19. The Bertz CT molecular complexity index is 413. The monoisotopic (exact) mass is 276 g/mol. The Morgan fingerprint density at radius 1 is 1.44 bits per heavy atom. The first-order valence-electron chi connectivity index (χ1n) is 5.35. The van der Waals surface area contributed by atoms with E-state index in [1.807, 2.05) is 0 Å². The number of amides is 1. The molecule has 1 rings (SSSR count). The van der Waals surface area contributed by atoms with Crippen molar-refractivity contribution in [2.75, 3.05) is 7.11 Å². The Hall–Kier alpha value is -1.33. The van der Waals surface area contributed by atoms with Crippen molar-refractivity contribution < 1.29 is 13.9 Å². The van der Waals surface area contributed by atoms with Gasteiger partial charge in [-0.15, -0.1) is 12.4 Å². The molecule has 0 aromatic heterocycles. The molecular formula is C12H18ClFN2O2. The fraction of sp³-hybridized carbons (Fsp3) is 0.417. The fourth-order valence-electron chi connectivity index (χ4n) is 1.53. The van der Waals surface area contributed by atoms with Crippen LogP contribution in [-0.2, 0) is 4.79 Å². The second-order valence-electron chi connectivity index (χ2n) is 3.87. The summed E-state index contributed by atoms with van der Waals surface area (Å²) in [7, 11) is 1.46. The standard InChI is InChI=1S/C12H17FN2O2.ClH/c1-7(14)12(16)15-8(2)11-9(13)5-4-6-10(11)17-3;/h4-8H,14H2,1-3H3,(H,15,16);1H/t7-,8?;/m1./s1. The Labute approximate surface area is 112 Å². The number of hydrogen-bond donors (Lipinski definition) is 2. The van der Waals surface area contributed by atoms with Crippen LogP contribution in [0, 0.1) is 5.82 Å². The highest BCUT2D eigenvalue weighted by atomic mass is 35.5. The summed E-state index contributed by atoms with van der Waals surface area (Å²) in [5, 5.41) is 2.63. The van der Waals surface area contributed by atoms with E-state index in [1.165, 1.54) is 13.2 Å². The molecule has 0 bridgehead atoms. The highest BCUT2D eigenvalue weighted by molar-refractivity contribution is 5.85. The van der Waals surface area contributed by atoms with E-state index in [2.05, 4.69) is 5.32 Å². The van der Waals surface area contributed by atoms with Crippen molar-refractivity contribution in [1.82, 2.24) is 5.32 Å². The molecule has 6 heteroatoms. The molecule has 0 fully saturated rings. The van der Waals surface area contributed by atoms with Crippen molar-refractivity contribution in [2.45, 2.75) is 25.9 Å². The van der Waals surface area contributed by atoms with Crippen LogP contribution in [0.3, 0.4) is 0 Å². The van der Waals surface area contributed by atoms with Gasteiger partial charge in [0, 0.05) is 0 Å². The lowest BCUT2D eigenvalue weighted by Crippen LogP contribution is -2.39. The number of carbonyl (C=O) groups excluding carboxylic acids is 1. The van der Waals surface area contributed by atoms with Gasteiger partial charge < -0.3 is 15.8 Å². The van der Waals surface area contributed by atoms with Crippen LogP contribution in [0.25, 0.3) is 0 Å². The summed E-state index contributed by atoms with van der Waals surface area (Å²) in [6, 6.07) is 3.40. The van der Waals surface area contributed by atoms with Crippen LogP contribution in [0.5, 0.6) is 5.75 Å². The number of nitrogens with one attached hydrogen (secondary N) is 1. The minimum Gasteiger partial charge on any atom is -0.496 e. The van der Waals surface area contributed by atoms with E-state index < -0.39 is 17.9 Å². The summed E-state index contributed by atoms with van der Waals surface area (Å²) >= 11 is 0. The molecule has 1 amide bonds. The Kier molecular flexibility index (Phi) is 6.65. The van der Waals surface area contributed by atoms with Crippen molar-refractivity contribution >= 4 is 18.3 Å². The number of benzene rings is 1. The van der Waals surface area contributed by atoms with Crippen LogP contribution < -0.4 is 15.8 Å². The lowest BCUT2D eigenvalue weighted by Gasteiger charge is -2.19. The number of carbonyl (C=O) groups is 1. The molecule has 0 saturated carbocycles. The lowest BCUT2D eigenvalue weighted by atomic mass is 10.1. The number of ether oxygens (including phenoxy) is 1. The second-order valence-corrected chi connectivity index (χ2v) is 3.87. The van der Waals surface area contributed by atoms with Crippen molar-refractivity contribution in [3.63, 3.8) is 0 Å². The maximum atomic E-state index is 13.7. The van der Waals surface area contributed by atoms with Gasteiger partial charge in [-0.1, -0.05) is 6.07 Å². The van der Waals surface area contributed by atoms with Gasteiger partial charge in [-0.25, -0.2) is 4.39 Å². The number of rotatable bonds is 4. The zero-order chi connectivity index (χ0) is 13.0. The molecule has 0 spiro atoms. The fourth-order valence-corrected chi connectivity index (χ4v) is 1.53. The van der Waals surface area contributed by atoms with Gasteiger partial charge in [-0.2, -0.15) is 0 Å². The third-order valence-electron chi connectivity index (χ3n) is 2.44. The van der Waals surface area contributed by atoms with Crippen LogP contribution in [0.2, 0.25) is 0 Å². The van der Waals surface area contributed by atoms with Gasteiger partial charge >= 0.3 is 0 Å². The summed E-state index contributed by atoms with van der Waals surface area (Å²) in [6.07, 6.45) is 0.